The van der Waals surface area contributed by atoms with Crippen LogP contribution in [0.1, 0.15) is 26.3 Å². The predicted molar refractivity (Wildman–Crippen MR) is 92.6 cm³/mol. The molecule has 1 heterocycles. The summed E-state index contributed by atoms with van der Waals surface area (Å²) in [6.45, 7) is 7.96. The average molecular weight is 327 g/mol. The van der Waals surface area contributed by atoms with E-state index in [1.807, 2.05) is 6.07 Å². The van der Waals surface area contributed by atoms with Gasteiger partial charge in [-0.25, -0.2) is 4.98 Å². The molecule has 0 fully saturated rings. The first kappa shape index (κ1) is 18.7. The Labute approximate surface area is 138 Å². The molecule has 0 saturated heterocycles. The molecule has 0 aliphatic carbocycles. The van der Waals surface area contributed by atoms with Crippen LogP contribution in [0.4, 0.5) is 0 Å². The fourth-order valence-corrected chi connectivity index (χ4v) is 2.14. The number of hydrogen-bond acceptors (Lipinski definition) is 3. The van der Waals surface area contributed by atoms with Crippen molar-refractivity contribution in [2.45, 2.75) is 33.3 Å². The molecule has 0 amide bonds. The molecule has 6 heteroatoms. The fraction of sp³-hybridized carbons (Fsp3) is 0.625. The van der Waals surface area contributed by atoms with Crippen molar-refractivity contribution in [3.8, 4) is 0 Å². The number of aromatic nitrogens is 1. The maximum atomic E-state index is 5.77. The van der Waals surface area contributed by atoms with Crippen molar-refractivity contribution in [1.82, 2.24) is 15.6 Å². The summed E-state index contributed by atoms with van der Waals surface area (Å²) < 4.78 is 5.53. The first-order valence-corrected chi connectivity index (χ1v) is 7.82. The Balaban J connectivity index is 2.38. The van der Waals surface area contributed by atoms with Crippen molar-refractivity contribution in [3.63, 3.8) is 0 Å². The molecule has 0 radical (unpaired) electrons. The van der Waals surface area contributed by atoms with Crippen LogP contribution in [0.5, 0.6) is 0 Å². The minimum Gasteiger partial charge on any atom is -0.379 e. The normalized spacial score (nSPS) is 13.8. The zero-order valence-corrected chi connectivity index (χ0v) is 14.9. The summed E-state index contributed by atoms with van der Waals surface area (Å²) in [4.78, 5) is 8.29. The molecular formula is C16H27ClN4O. The molecule has 124 valence electrons. The van der Waals surface area contributed by atoms with Crippen LogP contribution in [0.3, 0.4) is 0 Å². The van der Waals surface area contributed by atoms with Crippen LogP contribution in [0, 0.1) is 5.41 Å². The number of pyridine rings is 1. The molecule has 0 bridgehead atoms. The molecule has 0 aromatic carbocycles. The summed E-state index contributed by atoms with van der Waals surface area (Å²) in [5.74, 6) is 0.772. The second kappa shape index (κ2) is 8.96. The van der Waals surface area contributed by atoms with E-state index >= 15 is 0 Å². The van der Waals surface area contributed by atoms with Gasteiger partial charge in [0.05, 0.1) is 6.10 Å². The van der Waals surface area contributed by atoms with Crippen molar-refractivity contribution >= 4 is 17.6 Å². The molecule has 1 rings (SSSR count). The Morgan fingerprint density at radius 3 is 2.59 bits per heavy atom. The van der Waals surface area contributed by atoms with E-state index in [2.05, 4.69) is 41.4 Å². The van der Waals surface area contributed by atoms with Gasteiger partial charge in [-0.1, -0.05) is 38.4 Å². The Hall–Kier alpha value is -1.33. The van der Waals surface area contributed by atoms with Crippen LogP contribution in [0.15, 0.2) is 23.3 Å². The zero-order chi connectivity index (χ0) is 16.6. The molecule has 1 aromatic heterocycles. The van der Waals surface area contributed by atoms with Crippen molar-refractivity contribution < 1.29 is 4.74 Å². The van der Waals surface area contributed by atoms with Crippen molar-refractivity contribution in [1.29, 1.82) is 0 Å². The summed E-state index contributed by atoms with van der Waals surface area (Å²) in [7, 11) is 3.50. The predicted octanol–water partition coefficient (Wildman–Crippen LogP) is 2.50. The number of nitrogens with zero attached hydrogens (tertiary/aromatic N) is 2. The first-order valence-electron chi connectivity index (χ1n) is 7.44. The van der Waals surface area contributed by atoms with Gasteiger partial charge in [-0.2, -0.15) is 0 Å². The van der Waals surface area contributed by atoms with Crippen LogP contribution in [0.25, 0.3) is 0 Å². The third-order valence-electron chi connectivity index (χ3n) is 3.42. The highest BCUT2D eigenvalue weighted by Gasteiger charge is 2.24. The third-order valence-corrected chi connectivity index (χ3v) is 3.65. The van der Waals surface area contributed by atoms with E-state index in [0.717, 1.165) is 24.5 Å². The van der Waals surface area contributed by atoms with Crippen molar-refractivity contribution in [2.24, 2.45) is 10.4 Å². The van der Waals surface area contributed by atoms with Crippen molar-refractivity contribution in [3.05, 3.63) is 29.0 Å². The number of ether oxygens (including phenoxy) is 1. The van der Waals surface area contributed by atoms with E-state index < -0.39 is 0 Å². The van der Waals surface area contributed by atoms with Gasteiger partial charge in [-0.05, 0) is 23.5 Å². The second-order valence-electron chi connectivity index (χ2n) is 6.21. The second-order valence-corrected chi connectivity index (χ2v) is 6.60. The molecule has 1 aromatic rings. The van der Waals surface area contributed by atoms with Gasteiger partial charge in [0.15, 0.2) is 5.96 Å². The van der Waals surface area contributed by atoms with E-state index in [0.29, 0.717) is 11.7 Å². The molecule has 2 N–H and O–H groups in total. The molecule has 22 heavy (non-hydrogen) atoms. The lowest BCUT2D eigenvalue weighted by atomic mass is 9.89. The van der Waals surface area contributed by atoms with Gasteiger partial charge >= 0.3 is 0 Å². The van der Waals surface area contributed by atoms with Gasteiger partial charge in [0.25, 0.3) is 0 Å². The maximum absolute atomic E-state index is 5.77. The standard InChI is InChI=1S/C16H27ClN4O/c1-16(2,3)13(22-5)11-21-15(18-4)19-9-8-12-6-7-14(17)20-10-12/h6-7,10,13H,8-9,11H2,1-5H3,(H2,18,19,21). The number of nitrogens with one attached hydrogen (secondary N) is 2. The van der Waals surface area contributed by atoms with E-state index in [1.54, 1.807) is 26.4 Å². The number of guanidine groups is 1. The van der Waals surface area contributed by atoms with Crippen LogP contribution >= 0.6 is 11.6 Å². The summed E-state index contributed by atoms with van der Waals surface area (Å²) >= 11 is 5.77. The Kier molecular flexibility index (Phi) is 7.62. The number of hydrogen-bond donors (Lipinski definition) is 2. The topological polar surface area (TPSA) is 58.5 Å². The lowest BCUT2D eigenvalue weighted by molar-refractivity contribution is 0.0205. The number of rotatable bonds is 6. The molecule has 1 atom stereocenters. The molecule has 0 spiro atoms. The quantitative estimate of drug-likeness (QED) is 0.479. The van der Waals surface area contributed by atoms with Gasteiger partial charge in [0.2, 0.25) is 0 Å². The van der Waals surface area contributed by atoms with Gasteiger partial charge in [0.1, 0.15) is 5.15 Å². The summed E-state index contributed by atoms with van der Waals surface area (Å²) in [6, 6.07) is 3.78. The fourth-order valence-electron chi connectivity index (χ4n) is 2.03. The van der Waals surface area contributed by atoms with Gasteiger partial charge in [-0.15, -0.1) is 0 Å². The SMILES string of the molecule is CN=C(NCCc1ccc(Cl)nc1)NCC(OC)C(C)(C)C. The Morgan fingerprint density at radius 2 is 2.09 bits per heavy atom. The molecular weight excluding hydrogens is 300 g/mol. The molecule has 0 aliphatic heterocycles. The molecule has 0 aliphatic rings. The number of halogens is 1. The van der Waals surface area contributed by atoms with Gasteiger partial charge in [0, 0.05) is 33.4 Å². The number of methoxy groups -OCH3 is 1. The zero-order valence-electron chi connectivity index (χ0n) is 14.1. The Morgan fingerprint density at radius 1 is 1.36 bits per heavy atom. The van der Waals surface area contributed by atoms with Crippen LogP contribution < -0.4 is 10.6 Å². The molecule has 5 nitrogen and oxygen atoms in total. The highest BCUT2D eigenvalue weighted by molar-refractivity contribution is 6.29. The van der Waals surface area contributed by atoms with Gasteiger partial charge < -0.3 is 15.4 Å². The van der Waals surface area contributed by atoms with E-state index in [1.165, 1.54) is 0 Å². The maximum Gasteiger partial charge on any atom is 0.191 e. The van der Waals surface area contributed by atoms with Crippen LogP contribution in [-0.4, -0.2) is 44.3 Å². The highest BCUT2D eigenvalue weighted by Crippen LogP contribution is 2.20. The van der Waals surface area contributed by atoms with Gasteiger partial charge in [-0.3, -0.25) is 4.99 Å². The van der Waals surface area contributed by atoms with Crippen molar-refractivity contribution in [2.75, 3.05) is 27.2 Å². The Bertz CT molecular complexity index is 468. The highest BCUT2D eigenvalue weighted by atomic mass is 35.5. The summed E-state index contributed by atoms with van der Waals surface area (Å²) in [5, 5.41) is 7.10. The van der Waals surface area contributed by atoms with Crippen LogP contribution in [-0.2, 0) is 11.2 Å². The average Bonchev–Trinajstić information content (AvgIpc) is 2.46. The number of aliphatic imine (C=N–C) groups is 1. The van der Waals surface area contributed by atoms with E-state index in [4.69, 9.17) is 16.3 Å². The monoisotopic (exact) mass is 326 g/mol. The molecule has 1 unspecified atom stereocenters. The lowest BCUT2D eigenvalue weighted by Gasteiger charge is -2.30. The summed E-state index contributed by atoms with van der Waals surface area (Å²) in [5.41, 5.74) is 1.21. The lowest BCUT2D eigenvalue weighted by Crippen LogP contribution is -2.45. The first-order chi connectivity index (χ1) is 10.4. The largest absolute Gasteiger partial charge is 0.379 e. The third kappa shape index (κ3) is 6.62. The molecule has 0 saturated carbocycles. The van der Waals surface area contributed by atoms with E-state index in [-0.39, 0.29) is 11.5 Å². The minimum atomic E-state index is 0.0789. The van der Waals surface area contributed by atoms with Crippen LogP contribution in [0.2, 0.25) is 5.15 Å². The summed E-state index contributed by atoms with van der Waals surface area (Å²) in [6.07, 6.45) is 2.77. The minimum absolute atomic E-state index is 0.0789. The van der Waals surface area contributed by atoms with E-state index in [9.17, 15) is 0 Å². The smallest absolute Gasteiger partial charge is 0.191 e.